The molecule has 0 spiro atoms. The Hall–Kier alpha value is -1.63. The first-order valence-electron chi connectivity index (χ1n) is 6.33. The van der Waals surface area contributed by atoms with Gasteiger partial charge in [-0.15, -0.1) is 0 Å². The molecule has 1 heterocycles. The Morgan fingerprint density at radius 2 is 2.10 bits per heavy atom. The fourth-order valence-electron chi connectivity index (χ4n) is 2.57. The molecular weight excluding hydrogens is 273 g/mol. The lowest BCUT2D eigenvalue weighted by atomic mass is 10.0. The Labute approximate surface area is 114 Å². The highest BCUT2D eigenvalue weighted by atomic mass is 19.4. The van der Waals surface area contributed by atoms with Crippen LogP contribution in [-0.2, 0) is 12.6 Å². The summed E-state index contributed by atoms with van der Waals surface area (Å²) in [6.07, 6.45) is -2.26. The topological polar surface area (TPSA) is 46.4 Å². The molecule has 1 fully saturated rings. The molecule has 1 aliphatic rings. The highest BCUT2D eigenvalue weighted by molar-refractivity contribution is 5.41. The molecule has 1 unspecified atom stereocenters. The largest absolute Gasteiger partial charge is 0.416 e. The fourth-order valence-corrected chi connectivity index (χ4v) is 2.57. The lowest BCUT2D eigenvalue weighted by molar-refractivity contribution is -0.385. The number of nitro groups is 1. The van der Waals surface area contributed by atoms with Gasteiger partial charge in [0.05, 0.1) is 10.5 Å². The van der Waals surface area contributed by atoms with Crippen molar-refractivity contribution in [3.8, 4) is 0 Å². The van der Waals surface area contributed by atoms with Crippen molar-refractivity contribution in [2.75, 3.05) is 13.6 Å². The standard InChI is InChI=1S/C13H15F3N2O2/c1-17-4-2-3-11(17)6-9-5-10(13(14,15)16)8-12(7-9)18(19)20/h5,7-8,11H,2-4,6H2,1H3. The van der Waals surface area contributed by atoms with E-state index in [1.165, 1.54) is 6.07 Å². The highest BCUT2D eigenvalue weighted by Gasteiger charge is 2.33. The molecule has 0 radical (unpaired) electrons. The van der Waals surface area contributed by atoms with Crippen LogP contribution in [0.25, 0.3) is 0 Å². The molecule has 0 bridgehead atoms. The average molecular weight is 288 g/mol. The lowest BCUT2D eigenvalue weighted by Gasteiger charge is -2.19. The summed E-state index contributed by atoms with van der Waals surface area (Å²) in [5.74, 6) is 0. The molecule has 0 saturated carbocycles. The van der Waals surface area contributed by atoms with Crippen LogP contribution in [0.2, 0.25) is 0 Å². The van der Waals surface area contributed by atoms with Crippen LogP contribution < -0.4 is 0 Å². The molecular formula is C13H15F3N2O2. The summed E-state index contributed by atoms with van der Waals surface area (Å²) in [7, 11) is 1.92. The molecule has 0 aliphatic carbocycles. The van der Waals surface area contributed by atoms with Gasteiger partial charge < -0.3 is 4.90 Å². The highest BCUT2D eigenvalue weighted by Crippen LogP contribution is 2.33. The maximum Gasteiger partial charge on any atom is 0.416 e. The van der Waals surface area contributed by atoms with Crippen LogP contribution in [-0.4, -0.2) is 29.5 Å². The number of likely N-dealkylation sites (N-methyl/N-ethyl adjacent to an activating group) is 1. The van der Waals surface area contributed by atoms with Gasteiger partial charge in [-0.1, -0.05) is 0 Å². The summed E-state index contributed by atoms with van der Waals surface area (Å²) in [5.41, 5.74) is -1.09. The number of rotatable bonds is 3. The first kappa shape index (κ1) is 14.8. The van der Waals surface area contributed by atoms with E-state index in [-0.39, 0.29) is 6.04 Å². The third-order valence-electron chi connectivity index (χ3n) is 3.66. The minimum atomic E-state index is -4.57. The predicted octanol–water partition coefficient (Wildman–Crippen LogP) is 3.25. The van der Waals surface area contributed by atoms with E-state index in [0.29, 0.717) is 18.1 Å². The average Bonchev–Trinajstić information content (AvgIpc) is 2.73. The Morgan fingerprint density at radius 3 is 2.60 bits per heavy atom. The first-order valence-corrected chi connectivity index (χ1v) is 6.33. The number of nitrogens with zero attached hydrogens (tertiary/aromatic N) is 2. The van der Waals surface area contributed by atoms with Crippen molar-refractivity contribution in [3.05, 3.63) is 39.4 Å². The first-order chi connectivity index (χ1) is 9.27. The zero-order valence-electron chi connectivity index (χ0n) is 11.0. The van der Waals surface area contributed by atoms with Gasteiger partial charge >= 0.3 is 6.18 Å². The molecule has 4 nitrogen and oxygen atoms in total. The van der Waals surface area contributed by atoms with Crippen LogP contribution in [0.3, 0.4) is 0 Å². The Balaban J connectivity index is 2.32. The zero-order chi connectivity index (χ0) is 14.9. The number of halogens is 3. The minimum Gasteiger partial charge on any atom is -0.303 e. The summed E-state index contributed by atoms with van der Waals surface area (Å²) in [4.78, 5) is 12.1. The van der Waals surface area contributed by atoms with Crippen molar-refractivity contribution in [1.82, 2.24) is 4.90 Å². The maximum absolute atomic E-state index is 12.8. The molecule has 1 aromatic rings. The molecule has 0 aromatic heterocycles. The van der Waals surface area contributed by atoms with Gasteiger partial charge in [0, 0.05) is 18.2 Å². The van der Waals surface area contributed by atoms with Gasteiger partial charge in [-0.3, -0.25) is 10.1 Å². The second-order valence-corrected chi connectivity index (χ2v) is 5.12. The van der Waals surface area contributed by atoms with E-state index in [1.807, 2.05) is 7.05 Å². The third kappa shape index (κ3) is 3.27. The van der Waals surface area contributed by atoms with E-state index in [1.54, 1.807) is 0 Å². The smallest absolute Gasteiger partial charge is 0.303 e. The van der Waals surface area contributed by atoms with Crippen LogP contribution in [0.15, 0.2) is 18.2 Å². The van der Waals surface area contributed by atoms with Crippen LogP contribution in [0.5, 0.6) is 0 Å². The molecule has 20 heavy (non-hydrogen) atoms. The number of likely N-dealkylation sites (tertiary alicyclic amines) is 1. The van der Waals surface area contributed by atoms with E-state index >= 15 is 0 Å². The van der Waals surface area contributed by atoms with Gasteiger partial charge in [-0.25, -0.2) is 0 Å². The second kappa shape index (κ2) is 5.40. The van der Waals surface area contributed by atoms with E-state index < -0.39 is 22.4 Å². The molecule has 0 N–H and O–H groups in total. The van der Waals surface area contributed by atoms with Gasteiger partial charge in [0.25, 0.3) is 5.69 Å². The van der Waals surface area contributed by atoms with Crippen LogP contribution in [0.1, 0.15) is 24.0 Å². The molecule has 7 heteroatoms. The van der Waals surface area contributed by atoms with Crippen LogP contribution in [0.4, 0.5) is 18.9 Å². The number of benzene rings is 1. The van der Waals surface area contributed by atoms with Crippen LogP contribution >= 0.6 is 0 Å². The van der Waals surface area contributed by atoms with Crippen LogP contribution in [0, 0.1) is 10.1 Å². The lowest BCUT2D eigenvalue weighted by Crippen LogP contribution is -2.27. The molecule has 110 valence electrons. The molecule has 1 aliphatic heterocycles. The Morgan fingerprint density at radius 1 is 1.40 bits per heavy atom. The SMILES string of the molecule is CN1CCCC1Cc1cc([N+](=O)[O-])cc(C(F)(F)F)c1. The van der Waals surface area contributed by atoms with Gasteiger partial charge in [0.1, 0.15) is 0 Å². The maximum atomic E-state index is 12.8. The van der Waals surface area contributed by atoms with Crippen molar-refractivity contribution >= 4 is 5.69 Å². The van der Waals surface area contributed by atoms with E-state index in [4.69, 9.17) is 0 Å². The van der Waals surface area contributed by atoms with Crippen molar-refractivity contribution < 1.29 is 18.1 Å². The summed E-state index contributed by atoms with van der Waals surface area (Å²) in [6, 6.07) is 2.99. The zero-order valence-corrected chi connectivity index (χ0v) is 11.0. The van der Waals surface area contributed by atoms with Gasteiger partial charge in [0.2, 0.25) is 0 Å². The molecule has 0 amide bonds. The third-order valence-corrected chi connectivity index (χ3v) is 3.66. The fraction of sp³-hybridized carbons (Fsp3) is 0.538. The summed E-state index contributed by atoms with van der Waals surface area (Å²) in [6.45, 7) is 0.908. The van der Waals surface area contributed by atoms with Gasteiger partial charge in [-0.2, -0.15) is 13.2 Å². The van der Waals surface area contributed by atoms with Crippen molar-refractivity contribution in [3.63, 3.8) is 0 Å². The summed E-state index contributed by atoms with van der Waals surface area (Å²) < 4.78 is 38.3. The predicted molar refractivity (Wildman–Crippen MR) is 67.5 cm³/mol. The monoisotopic (exact) mass is 288 g/mol. The normalized spacial score (nSPS) is 20.3. The number of nitro benzene ring substituents is 1. The number of alkyl halides is 3. The van der Waals surface area contributed by atoms with Gasteiger partial charge in [-0.05, 0) is 44.5 Å². The molecule has 2 rings (SSSR count). The van der Waals surface area contributed by atoms with Crippen molar-refractivity contribution in [2.45, 2.75) is 31.5 Å². The van der Waals surface area contributed by atoms with E-state index in [9.17, 15) is 23.3 Å². The number of hydrogen-bond donors (Lipinski definition) is 0. The molecule has 1 saturated heterocycles. The molecule has 1 aromatic carbocycles. The number of non-ortho nitro benzene ring substituents is 1. The Kier molecular flexibility index (Phi) is 3.99. The van der Waals surface area contributed by atoms with E-state index in [0.717, 1.165) is 25.5 Å². The van der Waals surface area contributed by atoms with Crippen molar-refractivity contribution in [2.24, 2.45) is 0 Å². The van der Waals surface area contributed by atoms with E-state index in [2.05, 4.69) is 4.90 Å². The summed E-state index contributed by atoms with van der Waals surface area (Å²) >= 11 is 0. The van der Waals surface area contributed by atoms with Gasteiger partial charge in [0.15, 0.2) is 0 Å². The minimum absolute atomic E-state index is 0.151. The quantitative estimate of drug-likeness (QED) is 0.633. The second-order valence-electron chi connectivity index (χ2n) is 5.12. The van der Waals surface area contributed by atoms with Crippen molar-refractivity contribution in [1.29, 1.82) is 0 Å². The summed E-state index contributed by atoms with van der Waals surface area (Å²) in [5, 5.41) is 10.8. The number of hydrogen-bond acceptors (Lipinski definition) is 3. The molecule has 1 atom stereocenters. The Bertz CT molecular complexity index is 517.